The van der Waals surface area contributed by atoms with E-state index in [1.54, 1.807) is 0 Å². The Morgan fingerprint density at radius 3 is 2.76 bits per heavy atom. The van der Waals surface area contributed by atoms with Crippen molar-refractivity contribution in [3.63, 3.8) is 0 Å². The Kier molecular flexibility index (Phi) is 4.04. The summed E-state index contributed by atoms with van der Waals surface area (Å²) in [6.45, 7) is 4.28. The summed E-state index contributed by atoms with van der Waals surface area (Å²) in [6, 6.07) is 8.40. The predicted octanol–water partition coefficient (Wildman–Crippen LogP) is 3.62. The summed E-state index contributed by atoms with van der Waals surface area (Å²) in [4.78, 5) is 5.85. The Hall–Kier alpha value is -1.33. The molecule has 4 nitrogen and oxygen atoms in total. The van der Waals surface area contributed by atoms with E-state index in [0.29, 0.717) is 11.7 Å². The lowest BCUT2D eigenvalue weighted by molar-refractivity contribution is 0.278. The maximum atomic E-state index is 6.22. The number of hydrogen-bond acceptors (Lipinski definition) is 5. The molecule has 0 amide bonds. The van der Waals surface area contributed by atoms with Crippen LogP contribution in [0.4, 0.5) is 0 Å². The average molecular weight is 303 g/mol. The van der Waals surface area contributed by atoms with Crippen molar-refractivity contribution in [1.29, 1.82) is 0 Å². The van der Waals surface area contributed by atoms with Crippen molar-refractivity contribution in [2.75, 3.05) is 5.75 Å². The molecular formula is C16H21N3OS. The Morgan fingerprint density at radius 1 is 1.38 bits per heavy atom. The van der Waals surface area contributed by atoms with Crippen molar-refractivity contribution >= 4 is 11.8 Å². The third-order valence-corrected chi connectivity index (χ3v) is 5.26. The normalized spacial score (nSPS) is 25.4. The van der Waals surface area contributed by atoms with Gasteiger partial charge in [-0.3, -0.25) is 0 Å². The Labute approximate surface area is 129 Å². The van der Waals surface area contributed by atoms with E-state index in [0.717, 1.165) is 30.6 Å². The fourth-order valence-electron chi connectivity index (χ4n) is 2.90. The van der Waals surface area contributed by atoms with Crippen LogP contribution in [0.2, 0.25) is 0 Å². The zero-order valence-electron chi connectivity index (χ0n) is 12.5. The molecule has 0 radical (unpaired) electrons. The van der Waals surface area contributed by atoms with Gasteiger partial charge in [0.2, 0.25) is 11.7 Å². The van der Waals surface area contributed by atoms with Gasteiger partial charge in [0.15, 0.2) is 0 Å². The van der Waals surface area contributed by atoms with Gasteiger partial charge in [-0.05, 0) is 49.8 Å². The van der Waals surface area contributed by atoms with E-state index in [1.807, 2.05) is 23.9 Å². The number of rotatable bonds is 4. The molecule has 2 atom stereocenters. The first-order valence-corrected chi connectivity index (χ1v) is 8.45. The van der Waals surface area contributed by atoms with Gasteiger partial charge in [-0.1, -0.05) is 18.5 Å². The molecule has 1 heterocycles. The number of nitrogens with two attached hydrogens (primary N) is 1. The van der Waals surface area contributed by atoms with Crippen LogP contribution >= 0.6 is 11.8 Å². The van der Waals surface area contributed by atoms with Crippen LogP contribution < -0.4 is 5.73 Å². The van der Waals surface area contributed by atoms with E-state index in [2.05, 4.69) is 36.1 Å². The maximum absolute atomic E-state index is 6.22. The van der Waals surface area contributed by atoms with E-state index >= 15 is 0 Å². The van der Waals surface area contributed by atoms with Gasteiger partial charge in [-0.2, -0.15) is 4.98 Å². The SMILES string of the molecule is CCSc1ccc(-c2noc(C3(C)CCCC3N)n2)cc1. The molecule has 0 bridgehead atoms. The molecule has 1 aromatic heterocycles. The van der Waals surface area contributed by atoms with Crippen LogP contribution in [-0.2, 0) is 5.41 Å². The first-order chi connectivity index (χ1) is 10.1. The molecule has 5 heteroatoms. The molecule has 1 fully saturated rings. The summed E-state index contributed by atoms with van der Waals surface area (Å²) in [5.74, 6) is 2.40. The van der Waals surface area contributed by atoms with Crippen molar-refractivity contribution in [2.45, 2.75) is 49.5 Å². The van der Waals surface area contributed by atoms with Crippen LogP contribution in [0.3, 0.4) is 0 Å². The van der Waals surface area contributed by atoms with Crippen molar-refractivity contribution < 1.29 is 4.52 Å². The Balaban J connectivity index is 1.84. The molecule has 1 aliphatic carbocycles. The van der Waals surface area contributed by atoms with Gasteiger partial charge >= 0.3 is 0 Å². The van der Waals surface area contributed by atoms with Crippen molar-refractivity contribution in [1.82, 2.24) is 10.1 Å². The minimum atomic E-state index is -0.177. The summed E-state index contributed by atoms with van der Waals surface area (Å²) in [6.07, 6.45) is 3.16. The van der Waals surface area contributed by atoms with Crippen LogP contribution in [0.1, 0.15) is 39.0 Å². The quantitative estimate of drug-likeness (QED) is 0.874. The molecule has 112 valence electrons. The number of aromatic nitrogens is 2. The van der Waals surface area contributed by atoms with Crippen LogP contribution in [-0.4, -0.2) is 21.9 Å². The minimum Gasteiger partial charge on any atom is -0.338 e. The Morgan fingerprint density at radius 2 is 2.14 bits per heavy atom. The first kappa shape index (κ1) is 14.6. The molecule has 1 aromatic carbocycles. The van der Waals surface area contributed by atoms with Crippen LogP contribution in [0.25, 0.3) is 11.4 Å². The number of thioether (sulfide) groups is 1. The van der Waals surface area contributed by atoms with Gasteiger partial charge < -0.3 is 10.3 Å². The van der Waals surface area contributed by atoms with Crippen LogP contribution in [0, 0.1) is 0 Å². The monoisotopic (exact) mass is 303 g/mol. The molecule has 2 unspecified atom stereocenters. The van der Waals surface area contributed by atoms with Gasteiger partial charge in [0, 0.05) is 16.5 Å². The highest BCUT2D eigenvalue weighted by molar-refractivity contribution is 7.99. The number of nitrogens with zero attached hydrogens (tertiary/aromatic N) is 2. The van der Waals surface area contributed by atoms with Gasteiger partial charge in [-0.25, -0.2) is 0 Å². The smallest absolute Gasteiger partial charge is 0.234 e. The van der Waals surface area contributed by atoms with Crippen molar-refractivity contribution in [2.24, 2.45) is 5.73 Å². The highest BCUT2D eigenvalue weighted by Crippen LogP contribution is 2.39. The van der Waals surface area contributed by atoms with Crippen LogP contribution in [0.15, 0.2) is 33.7 Å². The van der Waals surface area contributed by atoms with E-state index in [4.69, 9.17) is 10.3 Å². The molecule has 3 rings (SSSR count). The van der Waals surface area contributed by atoms with Gasteiger partial charge in [0.1, 0.15) is 0 Å². The van der Waals surface area contributed by atoms with E-state index in [1.165, 1.54) is 4.90 Å². The van der Waals surface area contributed by atoms with Crippen molar-refractivity contribution in [3.05, 3.63) is 30.2 Å². The second-order valence-corrected chi connectivity index (χ2v) is 7.13. The second kappa shape index (κ2) is 5.81. The van der Waals surface area contributed by atoms with Crippen LogP contribution in [0.5, 0.6) is 0 Å². The highest BCUT2D eigenvalue weighted by atomic mass is 32.2. The molecule has 1 aliphatic rings. The van der Waals surface area contributed by atoms with Gasteiger partial charge in [-0.15, -0.1) is 11.8 Å². The maximum Gasteiger partial charge on any atom is 0.234 e. The lowest BCUT2D eigenvalue weighted by atomic mass is 9.85. The molecule has 2 aromatic rings. The highest BCUT2D eigenvalue weighted by Gasteiger charge is 2.42. The van der Waals surface area contributed by atoms with E-state index in [-0.39, 0.29) is 11.5 Å². The fourth-order valence-corrected chi connectivity index (χ4v) is 3.56. The Bertz CT molecular complexity index is 610. The molecule has 1 saturated carbocycles. The lowest BCUT2D eigenvalue weighted by Gasteiger charge is -2.23. The predicted molar refractivity (Wildman–Crippen MR) is 85.3 cm³/mol. The molecule has 0 aliphatic heterocycles. The summed E-state index contributed by atoms with van der Waals surface area (Å²) in [7, 11) is 0. The number of benzene rings is 1. The minimum absolute atomic E-state index is 0.106. The van der Waals surface area contributed by atoms with E-state index < -0.39 is 0 Å². The third kappa shape index (κ3) is 2.72. The lowest BCUT2D eigenvalue weighted by Crippen LogP contribution is -2.38. The topological polar surface area (TPSA) is 64.9 Å². The number of hydrogen-bond donors (Lipinski definition) is 1. The second-order valence-electron chi connectivity index (χ2n) is 5.80. The molecule has 0 spiro atoms. The summed E-state index contributed by atoms with van der Waals surface area (Å²) < 4.78 is 5.51. The molecule has 0 saturated heterocycles. The molecule has 2 N–H and O–H groups in total. The first-order valence-electron chi connectivity index (χ1n) is 7.46. The fraction of sp³-hybridized carbons (Fsp3) is 0.500. The van der Waals surface area contributed by atoms with Gasteiger partial charge in [0.25, 0.3) is 0 Å². The largest absolute Gasteiger partial charge is 0.338 e. The molecule has 21 heavy (non-hydrogen) atoms. The summed E-state index contributed by atoms with van der Waals surface area (Å²) >= 11 is 1.82. The average Bonchev–Trinajstić information content (AvgIpc) is 3.09. The molecular weight excluding hydrogens is 282 g/mol. The summed E-state index contributed by atoms with van der Waals surface area (Å²) in [5, 5.41) is 4.14. The summed E-state index contributed by atoms with van der Waals surface area (Å²) in [5.41, 5.74) is 7.03. The third-order valence-electron chi connectivity index (χ3n) is 4.37. The zero-order valence-corrected chi connectivity index (χ0v) is 13.3. The van der Waals surface area contributed by atoms with E-state index in [9.17, 15) is 0 Å². The zero-order chi connectivity index (χ0) is 14.9. The standard InChI is InChI=1S/C16H21N3OS/c1-3-21-12-8-6-11(7-9-12)14-18-15(20-19-14)16(2)10-4-5-13(16)17/h6-9,13H,3-5,10,17H2,1-2H3. The van der Waals surface area contributed by atoms with Gasteiger partial charge in [0.05, 0.1) is 5.41 Å². The van der Waals surface area contributed by atoms with Crippen molar-refractivity contribution in [3.8, 4) is 11.4 Å².